The summed E-state index contributed by atoms with van der Waals surface area (Å²) in [5.74, 6) is 1.07. The average molecular weight is 298 g/mol. The normalized spacial score (nSPS) is 20.7. The lowest BCUT2D eigenvalue weighted by Crippen LogP contribution is -2.34. The van der Waals surface area contributed by atoms with Gasteiger partial charge in [-0.05, 0) is 24.3 Å². The van der Waals surface area contributed by atoms with Crippen LogP contribution in [0.15, 0.2) is 47.5 Å². The highest BCUT2D eigenvalue weighted by atomic mass is 32.2. The van der Waals surface area contributed by atoms with Crippen molar-refractivity contribution in [1.82, 2.24) is 0 Å². The highest BCUT2D eigenvalue weighted by Gasteiger charge is 2.37. The molecule has 0 atom stereocenters. The fraction of sp³-hybridized carbons (Fsp3) is 0.353. The zero-order valence-electron chi connectivity index (χ0n) is 11.8. The highest BCUT2D eigenvalue weighted by molar-refractivity contribution is 8.14. The number of aliphatic imine (C=N–C) groups is 1. The van der Waals surface area contributed by atoms with Crippen LogP contribution < -0.4 is 5.32 Å². The molecule has 1 spiro atoms. The number of fused-ring (bicyclic) bond motifs is 1. The van der Waals surface area contributed by atoms with Crippen molar-refractivity contribution in [2.45, 2.75) is 18.4 Å². The summed E-state index contributed by atoms with van der Waals surface area (Å²) < 4.78 is 5.47. The second kappa shape index (κ2) is 5.35. The molecule has 1 saturated heterocycles. The lowest BCUT2D eigenvalue weighted by molar-refractivity contribution is 0.0624. The first-order valence-electron chi connectivity index (χ1n) is 7.40. The highest BCUT2D eigenvalue weighted by Crippen LogP contribution is 2.36. The van der Waals surface area contributed by atoms with Crippen molar-refractivity contribution in [3.63, 3.8) is 0 Å². The number of hydrogen-bond acceptors (Lipinski definition) is 4. The molecule has 2 aliphatic heterocycles. The summed E-state index contributed by atoms with van der Waals surface area (Å²) in [6.45, 7) is 1.68. The van der Waals surface area contributed by atoms with Gasteiger partial charge >= 0.3 is 0 Å². The molecule has 2 aromatic carbocycles. The maximum Gasteiger partial charge on any atom is 0.161 e. The van der Waals surface area contributed by atoms with Gasteiger partial charge < -0.3 is 10.1 Å². The van der Waals surface area contributed by atoms with E-state index in [4.69, 9.17) is 9.73 Å². The van der Waals surface area contributed by atoms with Crippen molar-refractivity contribution in [1.29, 1.82) is 0 Å². The van der Waals surface area contributed by atoms with E-state index in [1.54, 1.807) is 0 Å². The lowest BCUT2D eigenvalue weighted by Gasteiger charge is -2.29. The largest absolute Gasteiger partial charge is 0.381 e. The van der Waals surface area contributed by atoms with E-state index in [2.05, 4.69) is 47.8 Å². The molecule has 0 aromatic heterocycles. The van der Waals surface area contributed by atoms with Crippen molar-refractivity contribution >= 4 is 33.4 Å². The van der Waals surface area contributed by atoms with Gasteiger partial charge in [0.25, 0.3) is 0 Å². The Morgan fingerprint density at radius 3 is 2.76 bits per heavy atom. The van der Waals surface area contributed by atoms with Crippen LogP contribution >= 0.6 is 11.8 Å². The molecule has 2 aromatic rings. The van der Waals surface area contributed by atoms with Crippen molar-refractivity contribution in [3.05, 3.63) is 42.5 Å². The Labute approximate surface area is 128 Å². The summed E-state index contributed by atoms with van der Waals surface area (Å²) in [6, 6.07) is 14.8. The molecule has 1 fully saturated rings. The van der Waals surface area contributed by atoms with Gasteiger partial charge in [0.1, 0.15) is 0 Å². The topological polar surface area (TPSA) is 33.6 Å². The number of nitrogens with one attached hydrogen (secondary N) is 1. The average Bonchev–Trinajstić information content (AvgIpc) is 2.91. The van der Waals surface area contributed by atoms with E-state index in [9.17, 15) is 0 Å². The first-order valence-corrected chi connectivity index (χ1v) is 8.38. The van der Waals surface area contributed by atoms with Gasteiger partial charge in [-0.2, -0.15) is 0 Å². The number of benzene rings is 2. The fourth-order valence-corrected chi connectivity index (χ4v) is 4.20. The maximum atomic E-state index is 5.47. The number of anilines is 1. The van der Waals surface area contributed by atoms with Crippen LogP contribution in [0.4, 0.5) is 5.69 Å². The minimum atomic E-state index is 0.107. The van der Waals surface area contributed by atoms with Gasteiger partial charge in [0, 0.05) is 30.0 Å². The SMILES string of the molecule is c1ccc2c(NC3=NC4(CCOCC4)CS3)cccc2c1. The van der Waals surface area contributed by atoms with E-state index < -0.39 is 0 Å². The van der Waals surface area contributed by atoms with Crippen molar-refractivity contribution in [2.75, 3.05) is 24.3 Å². The van der Waals surface area contributed by atoms with E-state index in [1.807, 2.05) is 11.8 Å². The number of rotatable bonds is 1. The molecular formula is C17H18N2OS. The molecule has 0 aliphatic carbocycles. The predicted molar refractivity (Wildman–Crippen MR) is 90.2 cm³/mol. The third-order valence-corrected chi connectivity index (χ3v) is 5.42. The van der Waals surface area contributed by atoms with Crippen molar-refractivity contribution in [3.8, 4) is 0 Å². The lowest BCUT2D eigenvalue weighted by atomic mass is 9.93. The van der Waals surface area contributed by atoms with E-state index >= 15 is 0 Å². The maximum absolute atomic E-state index is 5.47. The first-order chi connectivity index (χ1) is 10.3. The van der Waals surface area contributed by atoms with Crippen LogP contribution in [-0.4, -0.2) is 29.7 Å². The molecule has 2 aliphatic rings. The monoisotopic (exact) mass is 298 g/mol. The fourth-order valence-electron chi connectivity index (χ4n) is 3.00. The second-order valence-corrected chi connectivity index (χ2v) is 6.66. The molecule has 0 unspecified atom stereocenters. The number of amidine groups is 1. The van der Waals surface area contributed by atoms with Gasteiger partial charge in [-0.1, -0.05) is 48.2 Å². The predicted octanol–water partition coefficient (Wildman–Crippen LogP) is 3.90. The number of thioether (sulfide) groups is 1. The van der Waals surface area contributed by atoms with E-state index in [0.29, 0.717) is 0 Å². The van der Waals surface area contributed by atoms with Gasteiger partial charge in [0.15, 0.2) is 5.17 Å². The summed E-state index contributed by atoms with van der Waals surface area (Å²) in [5, 5.41) is 7.08. The van der Waals surface area contributed by atoms with Crippen LogP contribution in [0.3, 0.4) is 0 Å². The number of hydrogen-bond donors (Lipinski definition) is 1. The summed E-state index contributed by atoms with van der Waals surface area (Å²) in [4.78, 5) is 4.97. The Morgan fingerprint density at radius 2 is 1.86 bits per heavy atom. The second-order valence-electron chi connectivity index (χ2n) is 5.69. The van der Waals surface area contributed by atoms with Gasteiger partial charge in [-0.15, -0.1) is 0 Å². The Hall–Kier alpha value is -1.52. The zero-order valence-corrected chi connectivity index (χ0v) is 12.7. The number of nitrogens with zero attached hydrogens (tertiary/aromatic N) is 1. The zero-order chi connectivity index (χ0) is 14.1. The molecule has 4 heteroatoms. The number of ether oxygens (including phenoxy) is 1. The van der Waals surface area contributed by atoms with Gasteiger partial charge in [0.2, 0.25) is 0 Å². The Morgan fingerprint density at radius 1 is 1.05 bits per heavy atom. The molecule has 1 N–H and O–H groups in total. The van der Waals surface area contributed by atoms with Gasteiger partial charge in [0.05, 0.1) is 5.54 Å². The van der Waals surface area contributed by atoms with Crippen LogP contribution in [0.25, 0.3) is 10.8 Å². The summed E-state index contributed by atoms with van der Waals surface area (Å²) in [7, 11) is 0. The quantitative estimate of drug-likeness (QED) is 0.867. The minimum absolute atomic E-state index is 0.107. The Bertz CT molecular complexity index is 687. The summed E-state index contributed by atoms with van der Waals surface area (Å²) >= 11 is 1.83. The van der Waals surface area contributed by atoms with Crippen molar-refractivity contribution < 1.29 is 4.74 Å². The van der Waals surface area contributed by atoms with Gasteiger partial charge in [-0.3, -0.25) is 4.99 Å². The van der Waals surface area contributed by atoms with Crippen LogP contribution in [0, 0.1) is 0 Å². The molecule has 108 valence electrons. The molecule has 21 heavy (non-hydrogen) atoms. The summed E-state index contributed by atoms with van der Waals surface area (Å²) in [5.41, 5.74) is 1.25. The molecule has 2 heterocycles. The Kier molecular flexibility index (Phi) is 3.36. The molecule has 3 nitrogen and oxygen atoms in total. The molecular weight excluding hydrogens is 280 g/mol. The molecule has 4 rings (SSSR count). The Balaban J connectivity index is 1.62. The van der Waals surface area contributed by atoms with Crippen LogP contribution in [0.2, 0.25) is 0 Å². The standard InChI is InChI=1S/C17H18N2OS/c1-2-6-14-13(4-1)5-3-7-15(14)18-16-19-17(12-21-16)8-10-20-11-9-17/h1-7H,8-12H2,(H,18,19). The van der Waals surface area contributed by atoms with Crippen LogP contribution in [0.5, 0.6) is 0 Å². The molecule has 0 amide bonds. The smallest absolute Gasteiger partial charge is 0.161 e. The van der Waals surface area contributed by atoms with Crippen LogP contribution in [-0.2, 0) is 4.74 Å². The first kappa shape index (κ1) is 13.2. The van der Waals surface area contributed by atoms with Gasteiger partial charge in [-0.25, -0.2) is 0 Å². The third-order valence-electron chi connectivity index (χ3n) is 4.27. The van der Waals surface area contributed by atoms with Crippen LogP contribution in [0.1, 0.15) is 12.8 Å². The van der Waals surface area contributed by atoms with E-state index in [1.165, 1.54) is 10.8 Å². The molecule has 0 radical (unpaired) electrons. The van der Waals surface area contributed by atoms with Crippen molar-refractivity contribution in [2.24, 2.45) is 4.99 Å². The molecule has 0 saturated carbocycles. The summed E-state index contributed by atoms with van der Waals surface area (Å²) in [6.07, 6.45) is 2.08. The van der Waals surface area contributed by atoms with E-state index in [0.717, 1.165) is 42.7 Å². The minimum Gasteiger partial charge on any atom is -0.381 e. The van der Waals surface area contributed by atoms with E-state index in [-0.39, 0.29) is 5.54 Å². The molecule has 0 bridgehead atoms. The third kappa shape index (κ3) is 2.54.